The number of halogens is 1. The van der Waals surface area contributed by atoms with Crippen molar-refractivity contribution >= 4 is 17.5 Å². The summed E-state index contributed by atoms with van der Waals surface area (Å²) in [6, 6.07) is 3.35. The van der Waals surface area contributed by atoms with Crippen molar-refractivity contribution in [1.82, 2.24) is 10.3 Å². The van der Waals surface area contributed by atoms with Gasteiger partial charge in [0.05, 0.1) is 5.56 Å². The number of hydrogen-bond donors (Lipinski definition) is 1. The van der Waals surface area contributed by atoms with Crippen LogP contribution in [0.2, 0.25) is 5.15 Å². The van der Waals surface area contributed by atoms with Crippen molar-refractivity contribution in [2.75, 3.05) is 6.54 Å². The molecule has 1 N–H and O–H groups in total. The van der Waals surface area contributed by atoms with Crippen molar-refractivity contribution in [3.63, 3.8) is 0 Å². The van der Waals surface area contributed by atoms with Crippen LogP contribution in [0, 0.1) is 5.41 Å². The highest BCUT2D eigenvalue weighted by Crippen LogP contribution is 2.13. The molecule has 0 aliphatic carbocycles. The normalized spacial score (nSPS) is 11.2. The van der Waals surface area contributed by atoms with E-state index in [2.05, 4.69) is 31.1 Å². The third kappa shape index (κ3) is 3.88. The molecule has 0 aliphatic rings. The molecule has 1 heterocycles. The summed E-state index contributed by atoms with van der Waals surface area (Å²) in [6.45, 7) is 6.77. The van der Waals surface area contributed by atoms with Crippen LogP contribution in [0.25, 0.3) is 0 Å². The van der Waals surface area contributed by atoms with E-state index in [0.717, 1.165) is 0 Å². The van der Waals surface area contributed by atoms with Crippen molar-refractivity contribution in [2.45, 2.75) is 20.8 Å². The number of carbonyl (C=O) groups is 1. The van der Waals surface area contributed by atoms with Gasteiger partial charge >= 0.3 is 0 Å². The standard InChI is InChI=1S/C11H15ClN2O/c1-11(2,3)7-14-10(15)8-5-4-6-13-9(8)12/h4-6H,7H2,1-3H3,(H,14,15). The third-order valence-electron chi connectivity index (χ3n) is 1.78. The molecule has 0 aromatic carbocycles. The number of aromatic nitrogens is 1. The molecule has 0 fully saturated rings. The number of nitrogens with zero attached hydrogens (tertiary/aromatic N) is 1. The average molecular weight is 227 g/mol. The third-order valence-corrected chi connectivity index (χ3v) is 2.08. The van der Waals surface area contributed by atoms with Gasteiger partial charge in [0.1, 0.15) is 5.15 Å². The molecule has 1 aromatic heterocycles. The maximum Gasteiger partial charge on any atom is 0.254 e. The monoisotopic (exact) mass is 226 g/mol. The maximum atomic E-state index is 11.7. The summed E-state index contributed by atoms with van der Waals surface area (Å²) in [6.07, 6.45) is 1.56. The minimum absolute atomic E-state index is 0.0599. The molecular weight excluding hydrogens is 212 g/mol. The summed E-state index contributed by atoms with van der Waals surface area (Å²) >= 11 is 5.80. The van der Waals surface area contributed by atoms with Gasteiger partial charge in [-0.15, -0.1) is 0 Å². The van der Waals surface area contributed by atoms with Crippen molar-refractivity contribution in [2.24, 2.45) is 5.41 Å². The first-order valence-corrected chi connectivity index (χ1v) is 5.17. The lowest BCUT2D eigenvalue weighted by Crippen LogP contribution is -2.32. The molecule has 1 aromatic rings. The van der Waals surface area contributed by atoms with Crippen molar-refractivity contribution in [3.05, 3.63) is 29.0 Å². The summed E-state index contributed by atoms with van der Waals surface area (Å²) in [5, 5.41) is 3.06. The van der Waals surface area contributed by atoms with Gasteiger partial charge in [0.15, 0.2) is 0 Å². The molecule has 3 nitrogen and oxygen atoms in total. The lowest BCUT2D eigenvalue weighted by atomic mass is 9.97. The molecule has 0 atom stereocenters. The van der Waals surface area contributed by atoms with Gasteiger partial charge < -0.3 is 5.32 Å². The van der Waals surface area contributed by atoms with Gasteiger partial charge in [0.2, 0.25) is 0 Å². The Morgan fingerprint density at radius 2 is 2.20 bits per heavy atom. The second-order valence-corrected chi connectivity index (χ2v) is 4.94. The topological polar surface area (TPSA) is 42.0 Å². The van der Waals surface area contributed by atoms with Gasteiger partial charge in [-0.25, -0.2) is 4.98 Å². The second kappa shape index (κ2) is 4.62. The molecule has 0 saturated heterocycles. The first-order chi connectivity index (χ1) is 6.90. The summed E-state index contributed by atoms with van der Waals surface area (Å²) in [4.78, 5) is 15.5. The van der Waals surface area contributed by atoms with E-state index < -0.39 is 0 Å². The van der Waals surface area contributed by atoms with E-state index in [0.29, 0.717) is 12.1 Å². The zero-order valence-corrected chi connectivity index (χ0v) is 9.93. The number of rotatable bonds is 2. The Balaban J connectivity index is 2.66. The Labute approximate surface area is 94.9 Å². The van der Waals surface area contributed by atoms with Crippen LogP contribution in [0.1, 0.15) is 31.1 Å². The molecule has 0 saturated carbocycles. The first kappa shape index (κ1) is 12.0. The van der Waals surface area contributed by atoms with Crippen LogP contribution < -0.4 is 5.32 Å². The Morgan fingerprint density at radius 1 is 1.53 bits per heavy atom. The number of hydrogen-bond acceptors (Lipinski definition) is 2. The molecule has 0 radical (unpaired) electrons. The van der Waals surface area contributed by atoms with Crippen LogP contribution in [-0.4, -0.2) is 17.4 Å². The molecule has 0 aliphatic heterocycles. The van der Waals surface area contributed by atoms with Gasteiger partial charge in [-0.1, -0.05) is 32.4 Å². The predicted molar refractivity (Wildman–Crippen MR) is 61.0 cm³/mol. The Morgan fingerprint density at radius 3 is 2.73 bits per heavy atom. The fourth-order valence-corrected chi connectivity index (χ4v) is 1.20. The van der Waals surface area contributed by atoms with Gasteiger partial charge in [-0.05, 0) is 17.5 Å². The molecule has 0 spiro atoms. The summed E-state index contributed by atoms with van der Waals surface area (Å²) in [5.74, 6) is -0.178. The Kier molecular flexibility index (Phi) is 3.69. The summed E-state index contributed by atoms with van der Waals surface area (Å²) in [7, 11) is 0. The van der Waals surface area contributed by atoms with Crippen LogP contribution in [0.4, 0.5) is 0 Å². The number of carbonyl (C=O) groups excluding carboxylic acids is 1. The van der Waals surface area contributed by atoms with Gasteiger partial charge in [-0.2, -0.15) is 0 Å². The molecule has 0 unspecified atom stereocenters. The Hall–Kier alpha value is -1.09. The van der Waals surface area contributed by atoms with Crippen LogP contribution in [0.3, 0.4) is 0 Å². The number of amides is 1. The van der Waals surface area contributed by atoms with Crippen molar-refractivity contribution in [1.29, 1.82) is 0 Å². The minimum atomic E-state index is -0.178. The van der Waals surface area contributed by atoms with Gasteiger partial charge in [-0.3, -0.25) is 4.79 Å². The largest absolute Gasteiger partial charge is 0.351 e. The SMILES string of the molecule is CC(C)(C)CNC(=O)c1cccnc1Cl. The van der Waals surface area contributed by atoms with Crippen molar-refractivity contribution in [3.8, 4) is 0 Å². The van der Waals surface area contributed by atoms with E-state index in [1.807, 2.05) is 0 Å². The van der Waals surface area contributed by atoms with Crippen molar-refractivity contribution < 1.29 is 4.79 Å². The van der Waals surface area contributed by atoms with E-state index in [-0.39, 0.29) is 16.5 Å². The smallest absolute Gasteiger partial charge is 0.254 e. The van der Waals surface area contributed by atoms with E-state index in [4.69, 9.17) is 11.6 Å². The van der Waals surface area contributed by atoms with E-state index in [9.17, 15) is 4.79 Å². The molecular formula is C11H15ClN2O. The van der Waals surface area contributed by atoms with Gasteiger partial charge in [0.25, 0.3) is 5.91 Å². The molecule has 1 amide bonds. The quantitative estimate of drug-likeness (QED) is 0.788. The molecule has 0 bridgehead atoms. The molecule has 82 valence electrons. The number of pyridine rings is 1. The van der Waals surface area contributed by atoms with Gasteiger partial charge in [0, 0.05) is 12.7 Å². The highest BCUT2D eigenvalue weighted by atomic mass is 35.5. The zero-order chi connectivity index (χ0) is 11.5. The minimum Gasteiger partial charge on any atom is -0.351 e. The second-order valence-electron chi connectivity index (χ2n) is 4.59. The summed E-state index contributed by atoms with van der Waals surface area (Å²) in [5.41, 5.74) is 0.480. The fraction of sp³-hybridized carbons (Fsp3) is 0.455. The molecule has 15 heavy (non-hydrogen) atoms. The van der Waals surface area contributed by atoms with E-state index >= 15 is 0 Å². The Bertz CT molecular complexity index is 358. The van der Waals surface area contributed by atoms with E-state index in [1.54, 1.807) is 18.3 Å². The maximum absolute atomic E-state index is 11.7. The molecule has 1 rings (SSSR count). The predicted octanol–water partition coefficient (Wildman–Crippen LogP) is 2.51. The fourth-order valence-electron chi connectivity index (χ4n) is 0.996. The van der Waals surface area contributed by atoms with Crippen LogP contribution in [0.15, 0.2) is 18.3 Å². The summed E-state index contributed by atoms with van der Waals surface area (Å²) < 4.78 is 0. The first-order valence-electron chi connectivity index (χ1n) is 4.79. The average Bonchev–Trinajstić information content (AvgIpc) is 2.14. The van der Waals surface area contributed by atoms with E-state index in [1.165, 1.54) is 0 Å². The van der Waals surface area contributed by atoms with Crippen LogP contribution in [0.5, 0.6) is 0 Å². The van der Waals surface area contributed by atoms with Crippen LogP contribution >= 0.6 is 11.6 Å². The highest BCUT2D eigenvalue weighted by molar-refractivity contribution is 6.32. The van der Waals surface area contributed by atoms with Crippen LogP contribution in [-0.2, 0) is 0 Å². The lowest BCUT2D eigenvalue weighted by molar-refractivity contribution is 0.0939. The zero-order valence-electron chi connectivity index (χ0n) is 9.17. The molecule has 4 heteroatoms. The number of nitrogens with one attached hydrogen (secondary N) is 1. The lowest BCUT2D eigenvalue weighted by Gasteiger charge is -2.18. The highest BCUT2D eigenvalue weighted by Gasteiger charge is 2.14.